The summed E-state index contributed by atoms with van der Waals surface area (Å²) in [5, 5.41) is 7.08. The maximum absolute atomic E-state index is 11.7. The van der Waals surface area contributed by atoms with Gasteiger partial charge in [0.05, 0.1) is 5.69 Å². The first-order chi connectivity index (χ1) is 9.63. The number of fused-ring (bicyclic) bond motifs is 1. The van der Waals surface area contributed by atoms with Gasteiger partial charge in [-0.3, -0.25) is 4.79 Å². The predicted molar refractivity (Wildman–Crippen MR) is 83.7 cm³/mol. The van der Waals surface area contributed by atoms with Crippen molar-refractivity contribution in [3.8, 4) is 5.75 Å². The Labute approximate surface area is 123 Å². The number of carbonyl (C=O) groups excluding carboxylic acids is 1. The SMILES string of the molecule is CC1Oc2ccc(NC3CCCSC3C)cc2NC1=O. The van der Waals surface area contributed by atoms with Crippen LogP contribution >= 0.6 is 11.8 Å². The molecule has 1 amide bonds. The number of carbonyl (C=O) groups is 1. The average Bonchev–Trinajstić information content (AvgIpc) is 2.43. The first kappa shape index (κ1) is 13.6. The Bertz CT molecular complexity index is 521. The van der Waals surface area contributed by atoms with Crippen LogP contribution in [-0.4, -0.2) is 29.1 Å². The van der Waals surface area contributed by atoms with Crippen molar-refractivity contribution in [2.45, 2.75) is 44.1 Å². The zero-order chi connectivity index (χ0) is 14.1. The number of rotatable bonds is 2. The minimum absolute atomic E-state index is 0.0868. The highest BCUT2D eigenvalue weighted by Crippen LogP contribution is 2.34. The van der Waals surface area contributed by atoms with Gasteiger partial charge in [0.25, 0.3) is 5.91 Å². The van der Waals surface area contributed by atoms with Crippen molar-refractivity contribution in [2.75, 3.05) is 16.4 Å². The highest BCUT2D eigenvalue weighted by Gasteiger charge is 2.25. The molecule has 0 spiro atoms. The van der Waals surface area contributed by atoms with Gasteiger partial charge in [0, 0.05) is 17.0 Å². The molecule has 0 saturated carbocycles. The molecule has 108 valence electrons. The van der Waals surface area contributed by atoms with E-state index >= 15 is 0 Å². The quantitative estimate of drug-likeness (QED) is 0.879. The summed E-state index contributed by atoms with van der Waals surface area (Å²) in [6.45, 7) is 4.03. The third kappa shape index (κ3) is 2.73. The first-order valence-corrected chi connectivity index (χ1v) is 8.18. The minimum atomic E-state index is -0.420. The molecule has 20 heavy (non-hydrogen) atoms. The van der Waals surface area contributed by atoms with E-state index in [1.165, 1.54) is 18.6 Å². The molecule has 1 saturated heterocycles. The van der Waals surface area contributed by atoms with Crippen LogP contribution in [0.5, 0.6) is 5.75 Å². The smallest absolute Gasteiger partial charge is 0.265 e. The lowest BCUT2D eigenvalue weighted by Crippen LogP contribution is -2.35. The molecule has 2 aliphatic heterocycles. The van der Waals surface area contributed by atoms with E-state index in [1.54, 1.807) is 6.92 Å². The Morgan fingerprint density at radius 3 is 3.05 bits per heavy atom. The highest BCUT2D eigenvalue weighted by atomic mass is 32.2. The van der Waals surface area contributed by atoms with E-state index in [4.69, 9.17) is 4.74 Å². The molecule has 3 unspecified atom stereocenters. The first-order valence-electron chi connectivity index (χ1n) is 7.13. The van der Waals surface area contributed by atoms with Crippen LogP contribution in [0.25, 0.3) is 0 Å². The average molecular weight is 292 g/mol. The molecule has 2 aliphatic rings. The second-order valence-corrected chi connectivity index (χ2v) is 6.91. The number of benzene rings is 1. The van der Waals surface area contributed by atoms with E-state index in [0.717, 1.165) is 17.1 Å². The topological polar surface area (TPSA) is 50.4 Å². The molecule has 0 aliphatic carbocycles. The van der Waals surface area contributed by atoms with E-state index in [1.807, 2.05) is 30.0 Å². The fourth-order valence-corrected chi connectivity index (χ4v) is 3.77. The van der Waals surface area contributed by atoms with Crippen molar-refractivity contribution in [3.63, 3.8) is 0 Å². The van der Waals surface area contributed by atoms with E-state index in [9.17, 15) is 4.79 Å². The van der Waals surface area contributed by atoms with Crippen molar-refractivity contribution in [1.29, 1.82) is 0 Å². The largest absolute Gasteiger partial charge is 0.479 e. The Hall–Kier alpha value is -1.36. The molecule has 2 N–H and O–H groups in total. The van der Waals surface area contributed by atoms with E-state index < -0.39 is 6.10 Å². The molecule has 0 bridgehead atoms. The van der Waals surface area contributed by atoms with Gasteiger partial charge in [-0.1, -0.05) is 6.92 Å². The van der Waals surface area contributed by atoms with E-state index in [2.05, 4.69) is 17.6 Å². The second-order valence-electron chi connectivity index (χ2n) is 5.43. The number of thioether (sulfide) groups is 1. The van der Waals surface area contributed by atoms with Crippen LogP contribution in [0.1, 0.15) is 26.7 Å². The molecule has 3 atom stereocenters. The van der Waals surface area contributed by atoms with Crippen molar-refractivity contribution in [2.24, 2.45) is 0 Å². The maximum atomic E-state index is 11.7. The predicted octanol–water partition coefficient (Wildman–Crippen LogP) is 3.10. The standard InChI is InChI=1S/C15H20N2O2S/c1-9-15(18)17-13-8-11(5-6-14(13)19-9)16-12-4-3-7-20-10(12)2/h5-6,8-10,12,16H,3-4,7H2,1-2H3,(H,17,18). The summed E-state index contributed by atoms with van der Waals surface area (Å²) in [5.41, 5.74) is 1.80. The Morgan fingerprint density at radius 2 is 2.25 bits per heavy atom. The van der Waals surface area contributed by atoms with Crippen LogP contribution in [0.2, 0.25) is 0 Å². The van der Waals surface area contributed by atoms with Crippen LogP contribution in [0.3, 0.4) is 0 Å². The maximum Gasteiger partial charge on any atom is 0.265 e. The summed E-state index contributed by atoms with van der Waals surface area (Å²) in [6.07, 6.45) is 2.04. The molecule has 2 heterocycles. The molecule has 1 aromatic carbocycles. The van der Waals surface area contributed by atoms with Gasteiger partial charge in [-0.25, -0.2) is 0 Å². The fourth-order valence-electron chi connectivity index (χ4n) is 2.63. The molecule has 3 rings (SSSR count). The number of nitrogens with one attached hydrogen (secondary N) is 2. The lowest BCUT2D eigenvalue weighted by Gasteiger charge is -2.30. The number of amides is 1. The third-order valence-electron chi connectivity index (χ3n) is 3.87. The highest BCUT2D eigenvalue weighted by molar-refractivity contribution is 8.00. The zero-order valence-electron chi connectivity index (χ0n) is 11.8. The van der Waals surface area contributed by atoms with Crippen molar-refractivity contribution >= 4 is 29.0 Å². The number of hydrogen-bond acceptors (Lipinski definition) is 4. The molecule has 1 fully saturated rings. The second kappa shape index (κ2) is 5.56. The number of anilines is 2. The van der Waals surface area contributed by atoms with Gasteiger partial charge >= 0.3 is 0 Å². The molecule has 0 radical (unpaired) electrons. The number of hydrogen-bond donors (Lipinski definition) is 2. The minimum Gasteiger partial charge on any atom is -0.479 e. The summed E-state index contributed by atoms with van der Waals surface area (Å²) in [6, 6.07) is 6.40. The van der Waals surface area contributed by atoms with Gasteiger partial charge in [-0.2, -0.15) is 11.8 Å². The van der Waals surface area contributed by atoms with Crippen LogP contribution in [0, 0.1) is 0 Å². The Morgan fingerprint density at radius 1 is 1.40 bits per heavy atom. The lowest BCUT2D eigenvalue weighted by atomic mass is 10.1. The van der Waals surface area contributed by atoms with Crippen molar-refractivity contribution < 1.29 is 9.53 Å². The van der Waals surface area contributed by atoms with Crippen LogP contribution in [0.4, 0.5) is 11.4 Å². The summed E-state index contributed by atoms with van der Waals surface area (Å²) >= 11 is 2.02. The number of ether oxygens (including phenoxy) is 1. The zero-order valence-corrected chi connectivity index (χ0v) is 12.6. The summed E-state index contributed by atoms with van der Waals surface area (Å²) in [4.78, 5) is 11.7. The van der Waals surface area contributed by atoms with E-state index in [-0.39, 0.29) is 5.91 Å². The summed E-state index contributed by atoms with van der Waals surface area (Å²) in [5.74, 6) is 1.91. The normalized spacial score (nSPS) is 29.1. The summed E-state index contributed by atoms with van der Waals surface area (Å²) < 4.78 is 5.57. The van der Waals surface area contributed by atoms with Crippen molar-refractivity contribution in [3.05, 3.63) is 18.2 Å². The molecule has 1 aromatic rings. The van der Waals surface area contributed by atoms with Gasteiger partial charge in [0.2, 0.25) is 0 Å². The van der Waals surface area contributed by atoms with Crippen molar-refractivity contribution in [1.82, 2.24) is 0 Å². The van der Waals surface area contributed by atoms with E-state index in [0.29, 0.717) is 11.3 Å². The summed E-state index contributed by atoms with van der Waals surface area (Å²) in [7, 11) is 0. The van der Waals surface area contributed by atoms with Gasteiger partial charge < -0.3 is 15.4 Å². The molecular weight excluding hydrogens is 272 g/mol. The molecule has 0 aromatic heterocycles. The van der Waals surface area contributed by atoms with Crippen LogP contribution < -0.4 is 15.4 Å². The molecule has 5 heteroatoms. The molecular formula is C15H20N2O2S. The van der Waals surface area contributed by atoms with Gasteiger partial charge in [0.1, 0.15) is 5.75 Å². The Balaban J connectivity index is 1.75. The van der Waals surface area contributed by atoms with Gasteiger partial charge in [-0.05, 0) is 43.7 Å². The van der Waals surface area contributed by atoms with Gasteiger partial charge in [0.15, 0.2) is 6.10 Å². The monoisotopic (exact) mass is 292 g/mol. The van der Waals surface area contributed by atoms with Crippen LogP contribution in [-0.2, 0) is 4.79 Å². The molecule has 4 nitrogen and oxygen atoms in total. The third-order valence-corrected chi connectivity index (χ3v) is 5.25. The lowest BCUT2D eigenvalue weighted by molar-refractivity contribution is -0.122. The Kier molecular flexibility index (Phi) is 3.78. The van der Waals surface area contributed by atoms with Crippen LogP contribution in [0.15, 0.2) is 18.2 Å². The van der Waals surface area contributed by atoms with Gasteiger partial charge in [-0.15, -0.1) is 0 Å². The fraction of sp³-hybridized carbons (Fsp3) is 0.533.